The quantitative estimate of drug-likeness (QED) is 0.604. The lowest BCUT2D eigenvalue weighted by atomic mass is 10.2. The van der Waals surface area contributed by atoms with Gasteiger partial charge in [-0.1, -0.05) is 38.1 Å². The fourth-order valence-electron chi connectivity index (χ4n) is 1.90. The molecule has 2 nitrogen and oxygen atoms in total. The zero-order valence-electron chi connectivity index (χ0n) is 12.2. The largest absolute Gasteiger partial charge is 0.487 e. The highest BCUT2D eigenvalue weighted by Crippen LogP contribution is 2.30. The fourth-order valence-corrected chi connectivity index (χ4v) is 2.79. The molecule has 4 heteroatoms. The highest BCUT2D eigenvalue weighted by atomic mass is 127. The van der Waals surface area contributed by atoms with Crippen LogP contribution in [0.3, 0.4) is 0 Å². The van der Waals surface area contributed by atoms with Gasteiger partial charge in [-0.2, -0.15) is 0 Å². The van der Waals surface area contributed by atoms with E-state index in [1.54, 1.807) is 0 Å². The molecule has 0 unspecified atom stereocenters. The van der Waals surface area contributed by atoms with Gasteiger partial charge in [0.15, 0.2) is 0 Å². The van der Waals surface area contributed by atoms with Crippen molar-refractivity contribution >= 4 is 38.5 Å². The first-order chi connectivity index (χ1) is 10.1. The summed E-state index contributed by atoms with van der Waals surface area (Å²) in [5.41, 5.74) is 2.34. The van der Waals surface area contributed by atoms with Crippen molar-refractivity contribution in [1.82, 2.24) is 5.32 Å². The van der Waals surface area contributed by atoms with Gasteiger partial charge in [-0.05, 0) is 62.3 Å². The van der Waals surface area contributed by atoms with Crippen LogP contribution in [0.15, 0.2) is 46.9 Å². The Labute approximate surface area is 148 Å². The molecule has 0 radical (unpaired) electrons. The number of halogens is 2. The van der Waals surface area contributed by atoms with E-state index in [2.05, 4.69) is 88.0 Å². The lowest BCUT2D eigenvalue weighted by Crippen LogP contribution is -2.22. The molecule has 0 heterocycles. The maximum atomic E-state index is 6.04. The van der Waals surface area contributed by atoms with E-state index in [4.69, 9.17) is 4.74 Å². The molecule has 1 N–H and O–H groups in total. The molecule has 2 rings (SSSR count). The maximum absolute atomic E-state index is 6.04. The standard InChI is InChI=1S/C17H19BrINO/c1-12(2)20-10-14-4-3-5-16(18)17(14)21-11-13-6-8-15(19)9-7-13/h3-9,12,20H,10-11H2,1-2H3. The predicted molar refractivity (Wildman–Crippen MR) is 99.6 cm³/mol. The third kappa shape index (κ3) is 5.27. The Hall–Kier alpha value is -0.590. The number of ether oxygens (including phenoxy) is 1. The normalized spacial score (nSPS) is 10.9. The molecule has 0 aliphatic carbocycles. The van der Waals surface area contributed by atoms with E-state index in [0.717, 1.165) is 16.8 Å². The summed E-state index contributed by atoms with van der Waals surface area (Å²) in [6.45, 7) is 5.67. The minimum absolute atomic E-state index is 0.452. The van der Waals surface area contributed by atoms with Crippen molar-refractivity contribution in [2.24, 2.45) is 0 Å². The fraction of sp³-hybridized carbons (Fsp3) is 0.294. The molecule has 0 aliphatic heterocycles. The Kier molecular flexibility index (Phi) is 6.51. The lowest BCUT2D eigenvalue weighted by molar-refractivity contribution is 0.299. The van der Waals surface area contributed by atoms with Gasteiger partial charge in [-0.25, -0.2) is 0 Å². The second-order valence-corrected chi connectivity index (χ2v) is 7.28. The van der Waals surface area contributed by atoms with Gasteiger partial charge in [0.2, 0.25) is 0 Å². The molecule has 0 aromatic heterocycles. The molecule has 112 valence electrons. The summed E-state index contributed by atoms with van der Waals surface area (Å²) in [6.07, 6.45) is 0. The van der Waals surface area contributed by atoms with Crippen molar-refractivity contribution < 1.29 is 4.74 Å². The van der Waals surface area contributed by atoms with Crippen molar-refractivity contribution in [3.05, 3.63) is 61.6 Å². The highest BCUT2D eigenvalue weighted by molar-refractivity contribution is 14.1. The molecular weight excluding hydrogens is 441 g/mol. The van der Waals surface area contributed by atoms with E-state index < -0.39 is 0 Å². The van der Waals surface area contributed by atoms with Crippen LogP contribution in [0, 0.1) is 3.57 Å². The molecule has 0 fully saturated rings. The molecule has 0 atom stereocenters. The second kappa shape index (κ2) is 8.15. The average Bonchev–Trinajstić information content (AvgIpc) is 2.46. The van der Waals surface area contributed by atoms with E-state index in [9.17, 15) is 0 Å². The van der Waals surface area contributed by atoms with Crippen LogP contribution in [0.5, 0.6) is 5.75 Å². The summed E-state index contributed by atoms with van der Waals surface area (Å²) in [5.74, 6) is 0.921. The SMILES string of the molecule is CC(C)NCc1cccc(Br)c1OCc1ccc(I)cc1. The Morgan fingerprint density at radius 3 is 2.52 bits per heavy atom. The van der Waals surface area contributed by atoms with Gasteiger partial charge in [0.05, 0.1) is 4.47 Å². The molecule has 0 saturated carbocycles. The third-order valence-corrected chi connectivity index (χ3v) is 4.39. The zero-order valence-corrected chi connectivity index (χ0v) is 15.9. The van der Waals surface area contributed by atoms with Gasteiger partial charge < -0.3 is 10.1 Å². The second-order valence-electron chi connectivity index (χ2n) is 5.18. The monoisotopic (exact) mass is 459 g/mol. The first kappa shape index (κ1) is 16.8. The van der Waals surface area contributed by atoms with Crippen molar-refractivity contribution in [2.75, 3.05) is 0 Å². The topological polar surface area (TPSA) is 21.3 Å². The van der Waals surface area contributed by atoms with E-state index in [1.807, 2.05) is 12.1 Å². The third-order valence-electron chi connectivity index (χ3n) is 3.05. The molecule has 0 saturated heterocycles. The number of hydrogen-bond acceptors (Lipinski definition) is 2. The van der Waals surface area contributed by atoms with Gasteiger partial charge >= 0.3 is 0 Å². The van der Waals surface area contributed by atoms with Crippen LogP contribution in [0.25, 0.3) is 0 Å². The molecule has 21 heavy (non-hydrogen) atoms. The van der Waals surface area contributed by atoms with Gasteiger partial charge in [-0.15, -0.1) is 0 Å². The summed E-state index contributed by atoms with van der Waals surface area (Å²) in [5, 5.41) is 3.43. The molecule has 0 spiro atoms. The zero-order chi connectivity index (χ0) is 15.2. The average molecular weight is 460 g/mol. The summed E-state index contributed by atoms with van der Waals surface area (Å²) < 4.78 is 8.27. The summed E-state index contributed by atoms with van der Waals surface area (Å²) in [6, 6.07) is 15.0. The van der Waals surface area contributed by atoms with E-state index in [-0.39, 0.29) is 0 Å². The molecular formula is C17H19BrINO. The van der Waals surface area contributed by atoms with Crippen LogP contribution in [-0.4, -0.2) is 6.04 Å². The first-order valence-corrected chi connectivity index (χ1v) is 8.81. The maximum Gasteiger partial charge on any atom is 0.138 e. The van der Waals surface area contributed by atoms with Gasteiger partial charge in [0.25, 0.3) is 0 Å². The molecule has 0 aliphatic rings. The summed E-state index contributed by atoms with van der Waals surface area (Å²) >= 11 is 5.89. The van der Waals surface area contributed by atoms with Gasteiger partial charge in [0.1, 0.15) is 12.4 Å². The minimum Gasteiger partial charge on any atom is -0.487 e. The van der Waals surface area contributed by atoms with Crippen molar-refractivity contribution in [3.8, 4) is 5.75 Å². The van der Waals surface area contributed by atoms with Crippen molar-refractivity contribution in [3.63, 3.8) is 0 Å². The van der Waals surface area contributed by atoms with Crippen LogP contribution < -0.4 is 10.1 Å². The van der Waals surface area contributed by atoms with Crippen LogP contribution in [0.2, 0.25) is 0 Å². The first-order valence-electron chi connectivity index (χ1n) is 6.94. The molecule has 2 aromatic rings. The minimum atomic E-state index is 0.452. The van der Waals surface area contributed by atoms with Crippen LogP contribution in [0.1, 0.15) is 25.0 Å². The Morgan fingerprint density at radius 2 is 1.86 bits per heavy atom. The Bertz CT molecular complexity index is 584. The number of para-hydroxylation sites is 1. The highest BCUT2D eigenvalue weighted by Gasteiger charge is 2.09. The summed E-state index contributed by atoms with van der Waals surface area (Å²) in [7, 11) is 0. The van der Waals surface area contributed by atoms with E-state index in [0.29, 0.717) is 12.6 Å². The van der Waals surface area contributed by atoms with Crippen molar-refractivity contribution in [1.29, 1.82) is 0 Å². The van der Waals surface area contributed by atoms with Crippen LogP contribution in [-0.2, 0) is 13.2 Å². The van der Waals surface area contributed by atoms with Crippen molar-refractivity contribution in [2.45, 2.75) is 33.0 Å². The van der Waals surface area contributed by atoms with Gasteiger partial charge in [-0.3, -0.25) is 0 Å². The Balaban J connectivity index is 2.09. The smallest absolute Gasteiger partial charge is 0.138 e. The van der Waals surface area contributed by atoms with E-state index in [1.165, 1.54) is 14.7 Å². The van der Waals surface area contributed by atoms with Crippen LogP contribution >= 0.6 is 38.5 Å². The number of rotatable bonds is 6. The number of benzene rings is 2. The number of nitrogens with one attached hydrogen (secondary N) is 1. The van der Waals surface area contributed by atoms with Gasteiger partial charge in [0, 0.05) is 21.7 Å². The summed E-state index contributed by atoms with van der Waals surface area (Å²) in [4.78, 5) is 0. The van der Waals surface area contributed by atoms with Crippen LogP contribution in [0.4, 0.5) is 0 Å². The Morgan fingerprint density at radius 1 is 1.14 bits per heavy atom. The molecule has 0 bridgehead atoms. The number of hydrogen-bond donors (Lipinski definition) is 1. The lowest BCUT2D eigenvalue weighted by Gasteiger charge is -2.15. The van der Waals surface area contributed by atoms with E-state index >= 15 is 0 Å². The molecule has 0 amide bonds. The molecule has 2 aromatic carbocycles. The predicted octanol–water partition coefficient (Wildman–Crippen LogP) is 5.13.